The van der Waals surface area contributed by atoms with E-state index in [4.69, 9.17) is 9.97 Å². The monoisotopic (exact) mass is 697 g/mol. The minimum absolute atomic E-state index is 0.354. The van der Waals surface area contributed by atoms with Crippen molar-refractivity contribution in [3.05, 3.63) is 194 Å². The van der Waals surface area contributed by atoms with Crippen LogP contribution in [-0.4, -0.2) is 15.0 Å². The molecule has 0 radical (unpaired) electrons. The van der Waals surface area contributed by atoms with Gasteiger partial charge in [-0.15, -0.1) is 0 Å². The third kappa shape index (κ3) is 6.60. The van der Waals surface area contributed by atoms with Gasteiger partial charge in [-0.2, -0.15) is 0 Å². The molecular formula is C45H30F2N3OP. The minimum Gasteiger partial charge on any atom is -0.309 e. The first-order chi connectivity index (χ1) is 25.4. The van der Waals surface area contributed by atoms with Gasteiger partial charge >= 0.3 is 0 Å². The Hall–Kier alpha value is -6.36. The van der Waals surface area contributed by atoms with Gasteiger partial charge in [0.15, 0.2) is 24.6 Å². The van der Waals surface area contributed by atoms with Crippen molar-refractivity contribution in [1.82, 2.24) is 15.0 Å². The molecule has 8 rings (SSSR count). The zero-order valence-electron chi connectivity index (χ0n) is 27.8. The van der Waals surface area contributed by atoms with Crippen LogP contribution in [0, 0.1) is 11.6 Å². The lowest BCUT2D eigenvalue weighted by Crippen LogP contribution is -2.24. The Morgan fingerprint density at radius 1 is 0.308 bits per heavy atom. The zero-order valence-corrected chi connectivity index (χ0v) is 28.7. The van der Waals surface area contributed by atoms with Crippen molar-refractivity contribution in [2.45, 2.75) is 0 Å². The first-order valence-electron chi connectivity index (χ1n) is 16.8. The summed E-state index contributed by atoms with van der Waals surface area (Å²) in [4.78, 5) is 14.0. The molecular weight excluding hydrogens is 667 g/mol. The van der Waals surface area contributed by atoms with E-state index in [1.54, 1.807) is 24.3 Å². The molecule has 7 aromatic carbocycles. The first kappa shape index (κ1) is 32.8. The van der Waals surface area contributed by atoms with Gasteiger partial charge in [-0.25, -0.2) is 23.7 Å². The number of hydrogen-bond donors (Lipinski definition) is 0. The van der Waals surface area contributed by atoms with Crippen molar-refractivity contribution < 1.29 is 13.3 Å². The van der Waals surface area contributed by atoms with Crippen molar-refractivity contribution in [1.29, 1.82) is 0 Å². The topological polar surface area (TPSA) is 55.7 Å². The quantitative estimate of drug-likeness (QED) is 0.148. The number of benzene rings is 7. The second-order valence-electron chi connectivity index (χ2n) is 12.3. The van der Waals surface area contributed by atoms with Gasteiger partial charge in [-0.1, -0.05) is 133 Å². The molecule has 7 heteroatoms. The highest BCUT2D eigenvalue weighted by atomic mass is 31.2. The molecule has 0 amide bonds. The Morgan fingerprint density at radius 3 is 0.885 bits per heavy atom. The molecule has 1 heterocycles. The molecule has 0 saturated carbocycles. The van der Waals surface area contributed by atoms with E-state index in [9.17, 15) is 13.3 Å². The van der Waals surface area contributed by atoms with Crippen LogP contribution in [0.2, 0.25) is 0 Å². The molecule has 0 unspecified atom stereocenters. The molecule has 0 N–H and O–H groups in total. The molecule has 0 aliphatic rings. The largest absolute Gasteiger partial charge is 0.309 e. The second-order valence-corrected chi connectivity index (χ2v) is 15.1. The fourth-order valence-electron chi connectivity index (χ4n) is 6.21. The minimum atomic E-state index is -3.04. The molecule has 8 aromatic rings. The van der Waals surface area contributed by atoms with E-state index >= 15 is 0 Å². The van der Waals surface area contributed by atoms with E-state index in [1.807, 2.05) is 109 Å². The van der Waals surface area contributed by atoms with Crippen molar-refractivity contribution in [2.24, 2.45) is 0 Å². The van der Waals surface area contributed by atoms with Gasteiger partial charge in [0, 0.05) is 32.6 Å². The summed E-state index contributed by atoms with van der Waals surface area (Å²) >= 11 is 0. The Kier molecular flexibility index (Phi) is 8.90. The highest BCUT2D eigenvalue weighted by Gasteiger charge is 2.29. The fraction of sp³-hybridized carbons (Fsp3) is 0. The van der Waals surface area contributed by atoms with Gasteiger partial charge in [0.25, 0.3) is 0 Å². The van der Waals surface area contributed by atoms with Crippen LogP contribution in [0.3, 0.4) is 0 Å². The Balaban J connectivity index is 1.06. The van der Waals surface area contributed by atoms with Gasteiger partial charge in [-0.3, -0.25) is 0 Å². The van der Waals surface area contributed by atoms with E-state index in [0.29, 0.717) is 28.6 Å². The summed E-state index contributed by atoms with van der Waals surface area (Å²) in [5, 5.41) is 2.40. The fourth-order valence-corrected chi connectivity index (χ4v) is 8.86. The smallest absolute Gasteiger partial charge is 0.171 e. The van der Waals surface area contributed by atoms with Gasteiger partial charge < -0.3 is 4.57 Å². The predicted octanol–water partition coefficient (Wildman–Crippen LogP) is 10.1. The maximum Gasteiger partial charge on any atom is 0.171 e. The maximum absolute atomic E-state index is 14.7. The Morgan fingerprint density at radius 2 is 0.558 bits per heavy atom. The van der Waals surface area contributed by atoms with Gasteiger partial charge in [0.1, 0.15) is 11.6 Å². The van der Waals surface area contributed by atoms with Crippen molar-refractivity contribution in [2.75, 3.05) is 0 Å². The van der Waals surface area contributed by atoms with Crippen molar-refractivity contribution in [3.8, 4) is 56.4 Å². The third-order valence-electron chi connectivity index (χ3n) is 9.01. The second kappa shape index (κ2) is 14.1. The van der Waals surface area contributed by atoms with Crippen LogP contribution in [0.5, 0.6) is 0 Å². The van der Waals surface area contributed by atoms with E-state index in [0.717, 1.165) is 43.7 Å². The van der Waals surface area contributed by atoms with Crippen LogP contribution < -0.4 is 15.9 Å². The molecule has 4 nitrogen and oxygen atoms in total. The lowest BCUT2D eigenvalue weighted by molar-refractivity contribution is 0.592. The highest BCUT2D eigenvalue weighted by molar-refractivity contribution is 7.85. The average Bonchev–Trinajstić information content (AvgIpc) is 3.22. The highest BCUT2D eigenvalue weighted by Crippen LogP contribution is 2.42. The van der Waals surface area contributed by atoms with Crippen LogP contribution in [-0.2, 0) is 4.57 Å². The lowest BCUT2D eigenvalue weighted by atomic mass is 9.99. The number of halogens is 2. The van der Waals surface area contributed by atoms with Crippen molar-refractivity contribution in [3.63, 3.8) is 0 Å². The van der Waals surface area contributed by atoms with E-state index < -0.39 is 7.14 Å². The molecule has 1 aromatic heterocycles. The summed E-state index contributed by atoms with van der Waals surface area (Å²) in [6.45, 7) is 0. The van der Waals surface area contributed by atoms with Crippen LogP contribution in [0.15, 0.2) is 182 Å². The first-order valence-corrected chi connectivity index (χ1v) is 18.5. The summed E-state index contributed by atoms with van der Waals surface area (Å²) in [6, 6.07) is 55.6. The molecule has 250 valence electrons. The van der Waals surface area contributed by atoms with E-state index in [2.05, 4.69) is 29.2 Å². The molecule has 0 aliphatic heterocycles. The number of aromatic nitrogens is 3. The normalized spacial score (nSPS) is 11.3. The Bertz CT molecular complexity index is 2400. The third-order valence-corrected chi connectivity index (χ3v) is 12.1. The standard InChI is InChI=1S/C45H30F2N3OP/c46-38-25-19-36(20-26-38)44-48-43(49-45(50-44)37-21-27-39(47)28-22-37)35-17-15-33(16-18-35)31-11-13-32(14-12-31)34-23-29-42(30-24-34)52(51,40-7-3-1-4-8-40)41-9-5-2-6-10-41/h1-30H. The zero-order chi connectivity index (χ0) is 35.5. The van der Waals surface area contributed by atoms with Crippen molar-refractivity contribution >= 4 is 23.1 Å². The predicted molar refractivity (Wildman–Crippen MR) is 206 cm³/mol. The summed E-state index contributed by atoms with van der Waals surface area (Å²) in [5.41, 5.74) is 6.19. The summed E-state index contributed by atoms with van der Waals surface area (Å²) in [5.74, 6) is 0.517. The Labute approximate surface area is 300 Å². The lowest BCUT2D eigenvalue weighted by Gasteiger charge is -2.20. The van der Waals surface area contributed by atoms with E-state index in [1.165, 1.54) is 24.3 Å². The van der Waals surface area contributed by atoms with Gasteiger partial charge in [0.2, 0.25) is 0 Å². The maximum atomic E-state index is 14.7. The van der Waals surface area contributed by atoms with Crippen LogP contribution >= 0.6 is 7.14 Å². The molecule has 0 fully saturated rings. The molecule has 52 heavy (non-hydrogen) atoms. The molecule has 0 aliphatic carbocycles. The number of nitrogens with zero attached hydrogens (tertiary/aromatic N) is 3. The van der Waals surface area contributed by atoms with Crippen LogP contribution in [0.25, 0.3) is 56.4 Å². The van der Waals surface area contributed by atoms with Crippen LogP contribution in [0.4, 0.5) is 8.78 Å². The summed E-state index contributed by atoms with van der Waals surface area (Å²) in [6.07, 6.45) is 0. The van der Waals surface area contributed by atoms with E-state index in [-0.39, 0.29) is 11.6 Å². The molecule has 0 saturated heterocycles. The van der Waals surface area contributed by atoms with Crippen LogP contribution in [0.1, 0.15) is 0 Å². The number of rotatable bonds is 8. The average molecular weight is 698 g/mol. The molecule has 0 atom stereocenters. The van der Waals surface area contributed by atoms with Gasteiger partial charge in [0.05, 0.1) is 0 Å². The molecule has 0 bridgehead atoms. The SMILES string of the molecule is O=P(c1ccccc1)(c1ccccc1)c1ccc(-c2ccc(-c3ccc(-c4nc(-c5ccc(F)cc5)nc(-c5ccc(F)cc5)n4)cc3)cc2)cc1. The molecule has 0 spiro atoms. The number of hydrogen-bond acceptors (Lipinski definition) is 4. The summed E-state index contributed by atoms with van der Waals surface area (Å²) in [7, 11) is -3.04. The summed E-state index contributed by atoms with van der Waals surface area (Å²) < 4.78 is 42.1. The van der Waals surface area contributed by atoms with Gasteiger partial charge in [-0.05, 0) is 70.8 Å².